The largest absolute Gasteiger partial charge is 0.465 e. The smallest absolute Gasteiger partial charge is 0.337 e. The summed E-state index contributed by atoms with van der Waals surface area (Å²) < 4.78 is 30.5. The Hall–Kier alpha value is -1.64. The Labute approximate surface area is 177 Å². The van der Waals surface area contributed by atoms with Crippen LogP contribution in [-0.2, 0) is 26.0 Å². The molecule has 1 aromatic rings. The monoisotopic (exact) mass is 444 g/mol. The van der Waals surface area contributed by atoms with Gasteiger partial charge in [-0.25, -0.2) is 13.2 Å². The summed E-state index contributed by atoms with van der Waals surface area (Å²) in [6.45, 7) is 5.84. The van der Waals surface area contributed by atoms with Crippen LogP contribution in [0.25, 0.3) is 0 Å². The van der Waals surface area contributed by atoms with E-state index in [-0.39, 0.29) is 11.7 Å². The van der Waals surface area contributed by atoms with Crippen molar-refractivity contribution in [1.82, 2.24) is 4.31 Å². The van der Waals surface area contributed by atoms with Crippen molar-refractivity contribution in [3.05, 3.63) is 29.3 Å². The molecule has 1 aliphatic rings. The van der Waals surface area contributed by atoms with Crippen molar-refractivity contribution in [3.8, 4) is 0 Å². The van der Waals surface area contributed by atoms with Gasteiger partial charge in [-0.05, 0) is 43.5 Å². The summed E-state index contributed by atoms with van der Waals surface area (Å²) in [6.07, 6.45) is 2.21. The van der Waals surface area contributed by atoms with Gasteiger partial charge in [-0.1, -0.05) is 20.3 Å². The van der Waals surface area contributed by atoms with Gasteiger partial charge >= 0.3 is 5.97 Å². The summed E-state index contributed by atoms with van der Waals surface area (Å²) in [5.74, 6) is -1.34. The Morgan fingerprint density at radius 3 is 2.52 bits per heavy atom. The number of rotatable bonds is 8. The second-order valence-electron chi connectivity index (χ2n) is 7.40. The second kappa shape index (κ2) is 9.91. The number of methoxy groups -OCH3 is 1. The van der Waals surface area contributed by atoms with Gasteiger partial charge in [0, 0.05) is 18.3 Å². The van der Waals surface area contributed by atoms with E-state index < -0.39 is 33.3 Å². The van der Waals surface area contributed by atoms with Crippen molar-refractivity contribution in [2.24, 2.45) is 5.92 Å². The number of aryl methyl sites for hydroxylation is 1. The van der Waals surface area contributed by atoms with E-state index in [1.165, 1.54) is 11.4 Å². The first-order valence-corrected chi connectivity index (χ1v) is 11.8. The van der Waals surface area contributed by atoms with Crippen LogP contribution in [0.1, 0.15) is 49.5 Å². The molecule has 9 heteroatoms. The fourth-order valence-corrected chi connectivity index (χ4v) is 5.62. The molecule has 0 aliphatic carbocycles. The zero-order valence-electron chi connectivity index (χ0n) is 17.3. The lowest BCUT2D eigenvalue weighted by molar-refractivity contribution is -0.119. The molecule has 1 aromatic carbocycles. The lowest BCUT2D eigenvalue weighted by Gasteiger charge is -2.30. The number of anilines is 1. The molecule has 1 amide bonds. The summed E-state index contributed by atoms with van der Waals surface area (Å²) in [5, 5.41) is 2.12. The Morgan fingerprint density at radius 2 is 1.97 bits per heavy atom. The summed E-state index contributed by atoms with van der Waals surface area (Å²) >= 11 is 6.49. The average molecular weight is 445 g/mol. The molecule has 0 radical (unpaired) electrons. The van der Waals surface area contributed by atoms with Gasteiger partial charge in [0.25, 0.3) is 0 Å². The minimum absolute atomic E-state index is 0.113. The first-order valence-electron chi connectivity index (χ1n) is 9.77. The fourth-order valence-electron chi connectivity index (χ4n) is 3.53. The van der Waals surface area contributed by atoms with Crippen LogP contribution < -0.4 is 5.32 Å². The maximum atomic E-state index is 12.8. The third-order valence-electron chi connectivity index (χ3n) is 5.16. The van der Waals surface area contributed by atoms with Crippen molar-refractivity contribution in [2.75, 3.05) is 24.7 Å². The molecule has 0 spiro atoms. The number of halogens is 1. The van der Waals surface area contributed by atoms with Crippen LogP contribution in [0.15, 0.2) is 18.2 Å². The van der Waals surface area contributed by atoms with Crippen LogP contribution >= 0.6 is 11.6 Å². The number of hydrogen-bond donors (Lipinski definition) is 1. The van der Waals surface area contributed by atoms with E-state index in [1.807, 2.05) is 13.0 Å². The van der Waals surface area contributed by atoms with Gasteiger partial charge in [-0.2, -0.15) is 4.31 Å². The zero-order chi connectivity index (χ0) is 21.8. The summed E-state index contributed by atoms with van der Waals surface area (Å²) in [5.41, 5.74) is 1.76. The van der Waals surface area contributed by atoms with E-state index in [4.69, 9.17) is 16.3 Å². The van der Waals surface area contributed by atoms with Gasteiger partial charge in [0.1, 0.15) is 0 Å². The van der Waals surface area contributed by atoms with Crippen molar-refractivity contribution in [1.29, 1.82) is 0 Å². The number of carbonyl (C=O) groups excluding carboxylic acids is 2. The highest BCUT2D eigenvalue weighted by Crippen LogP contribution is 2.26. The Balaban J connectivity index is 2.15. The standard InChI is InChI=1S/C20H29ClN2O5S/c1-5-7-15-10-16(20(25)28-4)12-17(11-15)22-19(24)13(2)18(21)14(3)23-8-6-9-29(23,26)27/h10-14,18H,5-9H2,1-4H3,(H,22,24)/t13?,14-,18?/m1/s1. The highest BCUT2D eigenvalue weighted by Gasteiger charge is 2.38. The van der Waals surface area contributed by atoms with E-state index >= 15 is 0 Å². The molecule has 7 nitrogen and oxygen atoms in total. The SMILES string of the molecule is CCCc1cc(NC(=O)C(C)C(Cl)[C@@H](C)N2CCCS2(=O)=O)cc(C(=O)OC)c1. The number of benzene rings is 1. The van der Waals surface area contributed by atoms with Crippen LogP contribution in [0.3, 0.4) is 0 Å². The molecule has 2 unspecified atom stereocenters. The van der Waals surface area contributed by atoms with Crippen LogP contribution in [0.4, 0.5) is 5.69 Å². The predicted molar refractivity (Wildman–Crippen MR) is 114 cm³/mol. The zero-order valence-corrected chi connectivity index (χ0v) is 18.8. The molecular formula is C20H29ClN2O5S. The van der Waals surface area contributed by atoms with Crippen molar-refractivity contribution in [3.63, 3.8) is 0 Å². The molecule has 1 heterocycles. The summed E-state index contributed by atoms with van der Waals surface area (Å²) in [7, 11) is -2.01. The van der Waals surface area contributed by atoms with Gasteiger partial charge in [0.15, 0.2) is 0 Å². The van der Waals surface area contributed by atoms with Crippen LogP contribution in [0.2, 0.25) is 0 Å². The van der Waals surface area contributed by atoms with E-state index in [0.29, 0.717) is 24.2 Å². The molecular weight excluding hydrogens is 416 g/mol. The number of nitrogens with one attached hydrogen (secondary N) is 1. The number of alkyl halides is 1. The highest BCUT2D eigenvalue weighted by molar-refractivity contribution is 7.89. The molecule has 3 atom stereocenters. The molecule has 1 saturated heterocycles. The Kier molecular flexibility index (Phi) is 8.08. The van der Waals surface area contributed by atoms with Gasteiger partial charge in [0.05, 0.1) is 29.7 Å². The number of nitrogens with zero attached hydrogens (tertiary/aromatic N) is 1. The van der Waals surface area contributed by atoms with Crippen molar-refractivity contribution >= 4 is 39.2 Å². The first-order chi connectivity index (χ1) is 13.6. The fraction of sp³-hybridized carbons (Fsp3) is 0.600. The number of carbonyl (C=O) groups is 2. The number of amides is 1. The molecule has 1 aliphatic heterocycles. The van der Waals surface area contributed by atoms with E-state index in [2.05, 4.69) is 5.32 Å². The lowest BCUT2D eigenvalue weighted by Crippen LogP contribution is -2.45. The van der Waals surface area contributed by atoms with Crippen LogP contribution in [0.5, 0.6) is 0 Å². The molecule has 162 valence electrons. The lowest BCUT2D eigenvalue weighted by atomic mass is 10.00. The molecule has 0 saturated carbocycles. The predicted octanol–water partition coefficient (Wildman–Crippen LogP) is 3.03. The maximum Gasteiger partial charge on any atom is 0.337 e. The topological polar surface area (TPSA) is 92.8 Å². The van der Waals surface area contributed by atoms with Crippen molar-refractivity contribution in [2.45, 2.75) is 51.5 Å². The first kappa shape index (κ1) is 23.6. The number of ether oxygens (including phenoxy) is 1. The van der Waals surface area contributed by atoms with Crippen molar-refractivity contribution < 1.29 is 22.7 Å². The summed E-state index contributed by atoms with van der Waals surface area (Å²) in [6, 6.07) is 4.63. The van der Waals surface area contributed by atoms with Gasteiger partial charge in [-0.3, -0.25) is 4.79 Å². The molecule has 1 N–H and O–H groups in total. The van der Waals surface area contributed by atoms with Crippen LogP contribution in [-0.4, -0.2) is 55.4 Å². The summed E-state index contributed by atoms with van der Waals surface area (Å²) in [4.78, 5) is 24.7. The number of esters is 1. The quantitative estimate of drug-likeness (QED) is 0.491. The van der Waals surface area contributed by atoms with Gasteiger partial charge in [-0.15, -0.1) is 11.6 Å². The van der Waals surface area contributed by atoms with Gasteiger partial charge in [0.2, 0.25) is 15.9 Å². The van der Waals surface area contributed by atoms with Crippen LogP contribution in [0, 0.1) is 5.92 Å². The minimum atomic E-state index is -3.31. The normalized spacial score (nSPS) is 19.3. The molecule has 1 fully saturated rings. The molecule has 0 aromatic heterocycles. The number of hydrogen-bond acceptors (Lipinski definition) is 5. The maximum absolute atomic E-state index is 12.8. The minimum Gasteiger partial charge on any atom is -0.465 e. The molecule has 2 rings (SSSR count). The Morgan fingerprint density at radius 1 is 1.28 bits per heavy atom. The third-order valence-corrected chi connectivity index (χ3v) is 7.94. The number of sulfonamides is 1. The molecule has 29 heavy (non-hydrogen) atoms. The van der Waals surface area contributed by atoms with Gasteiger partial charge < -0.3 is 10.1 Å². The third kappa shape index (κ3) is 5.71. The average Bonchev–Trinajstić information content (AvgIpc) is 3.04. The van der Waals surface area contributed by atoms with E-state index in [0.717, 1.165) is 18.4 Å². The van der Waals surface area contributed by atoms with E-state index in [1.54, 1.807) is 26.0 Å². The Bertz CT molecular complexity index is 858. The molecule has 0 bridgehead atoms. The van der Waals surface area contributed by atoms with E-state index in [9.17, 15) is 18.0 Å². The second-order valence-corrected chi connectivity index (χ2v) is 9.95. The highest BCUT2D eigenvalue weighted by atomic mass is 35.5.